The molecule has 0 heterocycles. The van der Waals surface area contributed by atoms with Crippen LogP contribution >= 0.6 is 0 Å². The zero-order valence-corrected chi connectivity index (χ0v) is 16.4. The number of hydrogen-bond donors (Lipinski definition) is 2. The maximum Gasteiger partial charge on any atom is 0.251 e. The number of carbonyl (C=O) groups is 1. The fourth-order valence-corrected chi connectivity index (χ4v) is 4.56. The van der Waals surface area contributed by atoms with E-state index in [0.717, 1.165) is 37.7 Å². The third-order valence-corrected chi connectivity index (χ3v) is 6.12. The van der Waals surface area contributed by atoms with Gasteiger partial charge in [-0.3, -0.25) is 4.79 Å². The van der Waals surface area contributed by atoms with Crippen LogP contribution in [0.5, 0.6) is 0 Å². The van der Waals surface area contributed by atoms with Crippen LogP contribution in [0, 0.1) is 5.92 Å². The second-order valence-corrected chi connectivity index (χ2v) is 7.92. The van der Waals surface area contributed by atoms with Gasteiger partial charge in [0.05, 0.1) is 0 Å². The van der Waals surface area contributed by atoms with E-state index in [0.29, 0.717) is 5.56 Å². The molecule has 0 radical (unpaired) electrons. The lowest BCUT2D eigenvalue weighted by Crippen LogP contribution is -2.60. The van der Waals surface area contributed by atoms with Crippen molar-refractivity contribution in [3.05, 3.63) is 97.1 Å². The molecule has 1 saturated carbocycles. The average Bonchev–Trinajstić information content (AvgIpc) is 2.73. The summed E-state index contributed by atoms with van der Waals surface area (Å²) in [5.74, 6) is 0.148. The number of amides is 1. The molecule has 0 spiro atoms. The summed E-state index contributed by atoms with van der Waals surface area (Å²) in [6, 6.07) is 19.7. The standard InChI is InChI=1S/C25H30N2O/c1-3-11-22-19-24(26,21-14-9-6-10-15-21)17-18-25(22,16-4-2)27-23(28)20-12-7-5-8-13-20/h3-10,12-15,22H,1-2,11,16-19,26H2,(H,27,28). The summed E-state index contributed by atoms with van der Waals surface area (Å²) in [7, 11) is 0. The van der Waals surface area contributed by atoms with E-state index >= 15 is 0 Å². The van der Waals surface area contributed by atoms with Gasteiger partial charge in [0.25, 0.3) is 5.91 Å². The van der Waals surface area contributed by atoms with Gasteiger partial charge in [0.2, 0.25) is 0 Å². The van der Waals surface area contributed by atoms with Crippen LogP contribution < -0.4 is 11.1 Å². The number of nitrogens with two attached hydrogens (primary N) is 1. The molecule has 0 saturated heterocycles. The van der Waals surface area contributed by atoms with Gasteiger partial charge in [-0.1, -0.05) is 60.7 Å². The monoisotopic (exact) mass is 374 g/mol. The third kappa shape index (κ3) is 4.10. The summed E-state index contributed by atoms with van der Waals surface area (Å²) in [6.07, 6.45) is 7.78. The Morgan fingerprint density at radius 2 is 1.68 bits per heavy atom. The molecule has 2 aromatic carbocycles. The van der Waals surface area contributed by atoms with Gasteiger partial charge in [0.1, 0.15) is 0 Å². The normalized spacial score (nSPS) is 27.0. The number of hydrogen-bond acceptors (Lipinski definition) is 2. The summed E-state index contributed by atoms with van der Waals surface area (Å²) in [4.78, 5) is 13.0. The molecule has 146 valence electrons. The highest BCUT2D eigenvalue weighted by atomic mass is 16.1. The maximum atomic E-state index is 13.0. The number of rotatable bonds is 7. The van der Waals surface area contributed by atoms with Crippen molar-refractivity contribution in [3.63, 3.8) is 0 Å². The van der Waals surface area contributed by atoms with Gasteiger partial charge in [-0.2, -0.15) is 0 Å². The third-order valence-electron chi connectivity index (χ3n) is 6.12. The summed E-state index contributed by atoms with van der Waals surface area (Å²) < 4.78 is 0. The van der Waals surface area contributed by atoms with Gasteiger partial charge in [-0.15, -0.1) is 13.2 Å². The largest absolute Gasteiger partial charge is 0.346 e. The number of allylic oxidation sites excluding steroid dienone is 1. The zero-order valence-electron chi connectivity index (χ0n) is 16.4. The van der Waals surface area contributed by atoms with Gasteiger partial charge in [-0.05, 0) is 55.7 Å². The molecule has 3 atom stereocenters. The molecule has 1 fully saturated rings. The Hall–Kier alpha value is -2.65. The van der Waals surface area contributed by atoms with E-state index in [4.69, 9.17) is 5.73 Å². The Morgan fingerprint density at radius 1 is 1.04 bits per heavy atom. The van der Waals surface area contributed by atoms with Crippen LogP contribution in [0.3, 0.4) is 0 Å². The van der Waals surface area contributed by atoms with Crippen molar-refractivity contribution in [2.75, 3.05) is 0 Å². The van der Waals surface area contributed by atoms with Crippen LogP contribution in [0.4, 0.5) is 0 Å². The minimum atomic E-state index is -0.392. The minimum Gasteiger partial charge on any atom is -0.346 e. The Morgan fingerprint density at radius 3 is 2.29 bits per heavy atom. The number of carbonyl (C=O) groups excluding carboxylic acids is 1. The topological polar surface area (TPSA) is 55.1 Å². The maximum absolute atomic E-state index is 13.0. The lowest BCUT2D eigenvalue weighted by atomic mass is 9.61. The smallest absolute Gasteiger partial charge is 0.251 e. The van der Waals surface area contributed by atoms with Crippen LogP contribution in [-0.2, 0) is 5.54 Å². The number of benzene rings is 2. The van der Waals surface area contributed by atoms with Gasteiger partial charge in [0, 0.05) is 16.6 Å². The van der Waals surface area contributed by atoms with Crippen molar-refractivity contribution in [1.82, 2.24) is 5.32 Å². The Kier molecular flexibility index (Phi) is 6.15. The number of nitrogens with one attached hydrogen (secondary N) is 1. The predicted molar refractivity (Wildman–Crippen MR) is 116 cm³/mol. The van der Waals surface area contributed by atoms with Crippen LogP contribution in [-0.4, -0.2) is 11.4 Å². The molecule has 28 heavy (non-hydrogen) atoms. The van der Waals surface area contributed by atoms with Gasteiger partial charge >= 0.3 is 0 Å². The lowest BCUT2D eigenvalue weighted by molar-refractivity contribution is 0.0655. The highest BCUT2D eigenvalue weighted by molar-refractivity contribution is 5.94. The molecule has 0 aromatic heterocycles. The van der Waals surface area contributed by atoms with E-state index in [2.05, 4.69) is 30.6 Å². The fraction of sp³-hybridized carbons (Fsp3) is 0.320. The molecule has 3 heteroatoms. The molecule has 2 aromatic rings. The van der Waals surface area contributed by atoms with Crippen LogP contribution in [0.15, 0.2) is 86.0 Å². The van der Waals surface area contributed by atoms with Crippen LogP contribution in [0.25, 0.3) is 0 Å². The Labute approximate surface area is 168 Å². The van der Waals surface area contributed by atoms with Crippen molar-refractivity contribution in [2.45, 2.75) is 43.2 Å². The molecule has 3 N–H and O–H groups in total. The Balaban J connectivity index is 1.90. The van der Waals surface area contributed by atoms with Crippen LogP contribution in [0.1, 0.15) is 48.0 Å². The van der Waals surface area contributed by atoms with Crippen molar-refractivity contribution in [3.8, 4) is 0 Å². The van der Waals surface area contributed by atoms with E-state index < -0.39 is 5.54 Å². The van der Waals surface area contributed by atoms with Gasteiger partial charge in [-0.25, -0.2) is 0 Å². The fourth-order valence-electron chi connectivity index (χ4n) is 4.56. The first-order chi connectivity index (χ1) is 13.5. The second-order valence-electron chi connectivity index (χ2n) is 7.92. The molecular formula is C25H30N2O. The average molecular weight is 375 g/mol. The summed E-state index contributed by atoms with van der Waals surface area (Å²) in [6.45, 7) is 7.92. The summed E-state index contributed by atoms with van der Waals surface area (Å²) >= 11 is 0. The SMILES string of the molecule is C=CCC1CC(N)(c2ccccc2)CCC1(CC=C)NC(=O)c1ccccc1. The van der Waals surface area contributed by atoms with E-state index in [1.807, 2.05) is 60.7 Å². The molecule has 1 amide bonds. The molecule has 3 nitrogen and oxygen atoms in total. The second kappa shape index (κ2) is 8.57. The van der Waals surface area contributed by atoms with Crippen molar-refractivity contribution in [2.24, 2.45) is 11.7 Å². The quantitative estimate of drug-likeness (QED) is 0.673. The minimum absolute atomic E-state index is 0.0410. The summed E-state index contributed by atoms with van der Waals surface area (Å²) in [5.41, 5.74) is 7.97. The van der Waals surface area contributed by atoms with E-state index in [1.165, 1.54) is 0 Å². The van der Waals surface area contributed by atoms with E-state index in [9.17, 15) is 4.79 Å². The first kappa shape index (κ1) is 20.1. The van der Waals surface area contributed by atoms with E-state index in [-0.39, 0.29) is 17.4 Å². The highest BCUT2D eigenvalue weighted by Gasteiger charge is 2.48. The van der Waals surface area contributed by atoms with Crippen molar-refractivity contribution < 1.29 is 4.79 Å². The summed E-state index contributed by atoms with van der Waals surface area (Å²) in [5, 5.41) is 3.36. The molecule has 0 bridgehead atoms. The molecule has 0 aliphatic heterocycles. The first-order valence-corrected chi connectivity index (χ1v) is 9.97. The van der Waals surface area contributed by atoms with Gasteiger partial charge in [0.15, 0.2) is 0 Å². The molecule has 3 rings (SSSR count). The lowest BCUT2D eigenvalue weighted by Gasteiger charge is -2.51. The highest BCUT2D eigenvalue weighted by Crippen LogP contribution is 2.46. The molecule has 3 unspecified atom stereocenters. The Bertz CT molecular complexity index is 817. The van der Waals surface area contributed by atoms with Crippen molar-refractivity contribution in [1.29, 1.82) is 0 Å². The van der Waals surface area contributed by atoms with E-state index in [1.54, 1.807) is 0 Å². The van der Waals surface area contributed by atoms with Crippen molar-refractivity contribution >= 4 is 5.91 Å². The molecule has 1 aliphatic rings. The first-order valence-electron chi connectivity index (χ1n) is 9.97. The predicted octanol–water partition coefficient (Wildman–Crippen LogP) is 4.96. The van der Waals surface area contributed by atoms with Gasteiger partial charge < -0.3 is 11.1 Å². The zero-order chi connectivity index (χ0) is 20.0. The molecular weight excluding hydrogens is 344 g/mol. The van der Waals surface area contributed by atoms with Crippen LogP contribution in [0.2, 0.25) is 0 Å². The molecule has 1 aliphatic carbocycles.